The number of aryl methyl sites for hydroxylation is 2. The van der Waals surface area contributed by atoms with Gasteiger partial charge in [-0.3, -0.25) is 4.98 Å². The first-order chi connectivity index (χ1) is 8.58. The monoisotopic (exact) mass is 245 g/mol. The summed E-state index contributed by atoms with van der Waals surface area (Å²) < 4.78 is 13.0. The average molecular weight is 245 g/mol. The first-order valence-electron chi connectivity index (χ1n) is 5.92. The highest BCUT2D eigenvalue weighted by Gasteiger charge is 2.13. The molecule has 2 rings (SSSR count). The second-order valence-corrected chi connectivity index (χ2v) is 4.50. The van der Waals surface area contributed by atoms with Gasteiger partial charge in [0.25, 0.3) is 0 Å². The van der Waals surface area contributed by atoms with E-state index in [-0.39, 0.29) is 5.82 Å². The number of aromatic nitrogens is 1. The van der Waals surface area contributed by atoms with Crippen molar-refractivity contribution < 1.29 is 9.50 Å². The molecule has 3 heteroatoms. The van der Waals surface area contributed by atoms with Gasteiger partial charge < -0.3 is 5.11 Å². The summed E-state index contributed by atoms with van der Waals surface area (Å²) in [5.74, 6) is -0.250. The van der Waals surface area contributed by atoms with E-state index in [9.17, 15) is 9.50 Å². The third-order valence-corrected chi connectivity index (χ3v) is 3.08. The molecule has 0 bridgehead atoms. The van der Waals surface area contributed by atoms with Crippen molar-refractivity contribution in [3.8, 4) is 0 Å². The first-order valence-corrected chi connectivity index (χ1v) is 5.92. The Balaban J connectivity index is 2.21. The number of aliphatic hydroxyl groups is 1. The van der Waals surface area contributed by atoms with Gasteiger partial charge in [0, 0.05) is 12.6 Å². The summed E-state index contributed by atoms with van der Waals surface area (Å²) in [6, 6.07) is 8.37. The Bertz CT molecular complexity index is 554. The zero-order chi connectivity index (χ0) is 13.1. The summed E-state index contributed by atoms with van der Waals surface area (Å²) in [5, 5.41) is 10.2. The minimum atomic E-state index is -0.657. The van der Waals surface area contributed by atoms with Gasteiger partial charge >= 0.3 is 0 Å². The van der Waals surface area contributed by atoms with Crippen LogP contribution in [0.15, 0.2) is 36.5 Å². The number of rotatable bonds is 3. The third-order valence-electron chi connectivity index (χ3n) is 3.08. The highest BCUT2D eigenvalue weighted by molar-refractivity contribution is 5.29. The van der Waals surface area contributed by atoms with Crippen LogP contribution in [0.3, 0.4) is 0 Å². The van der Waals surface area contributed by atoms with Crippen LogP contribution >= 0.6 is 0 Å². The molecule has 1 unspecified atom stereocenters. The van der Waals surface area contributed by atoms with Crippen LogP contribution < -0.4 is 0 Å². The molecule has 1 atom stereocenters. The Morgan fingerprint density at radius 3 is 2.67 bits per heavy atom. The van der Waals surface area contributed by atoms with Crippen molar-refractivity contribution >= 4 is 0 Å². The number of halogens is 1. The van der Waals surface area contributed by atoms with E-state index in [0.717, 1.165) is 16.7 Å². The fraction of sp³-hybridized carbons (Fsp3) is 0.267. The standard InChI is InChI=1S/C15H16FNO/c1-10-4-3-7-17-15(10)14(18)9-12-5-6-13(16)8-11(12)2/h3-8,14,18H,9H2,1-2H3. The zero-order valence-electron chi connectivity index (χ0n) is 10.5. The molecule has 0 spiro atoms. The van der Waals surface area contributed by atoms with E-state index < -0.39 is 6.10 Å². The van der Waals surface area contributed by atoms with Gasteiger partial charge in [0.1, 0.15) is 11.9 Å². The summed E-state index contributed by atoms with van der Waals surface area (Å²) in [5.41, 5.74) is 3.43. The van der Waals surface area contributed by atoms with E-state index in [1.54, 1.807) is 12.3 Å². The summed E-state index contributed by atoms with van der Waals surface area (Å²) in [6.45, 7) is 3.76. The highest BCUT2D eigenvalue weighted by Crippen LogP contribution is 2.21. The maximum absolute atomic E-state index is 13.0. The second-order valence-electron chi connectivity index (χ2n) is 4.50. The van der Waals surface area contributed by atoms with Crippen molar-refractivity contribution in [1.82, 2.24) is 4.98 Å². The molecule has 94 valence electrons. The molecule has 0 radical (unpaired) electrons. The van der Waals surface area contributed by atoms with Gasteiger partial charge in [-0.15, -0.1) is 0 Å². The fourth-order valence-electron chi connectivity index (χ4n) is 2.04. The topological polar surface area (TPSA) is 33.1 Å². The number of aliphatic hydroxyl groups excluding tert-OH is 1. The van der Waals surface area contributed by atoms with Crippen molar-refractivity contribution in [3.05, 3.63) is 64.7 Å². The Kier molecular flexibility index (Phi) is 3.72. The molecule has 0 saturated heterocycles. The van der Waals surface area contributed by atoms with Crippen LogP contribution in [0.1, 0.15) is 28.5 Å². The maximum atomic E-state index is 13.0. The molecule has 0 aliphatic rings. The van der Waals surface area contributed by atoms with E-state index in [2.05, 4.69) is 4.98 Å². The van der Waals surface area contributed by atoms with Crippen LogP contribution in [-0.2, 0) is 6.42 Å². The lowest BCUT2D eigenvalue weighted by Gasteiger charge is -2.14. The lowest BCUT2D eigenvalue weighted by Crippen LogP contribution is -2.07. The van der Waals surface area contributed by atoms with Gasteiger partial charge in [0.2, 0.25) is 0 Å². The average Bonchev–Trinajstić information content (AvgIpc) is 2.33. The minimum absolute atomic E-state index is 0.250. The van der Waals surface area contributed by atoms with Gasteiger partial charge in [-0.1, -0.05) is 12.1 Å². The summed E-state index contributed by atoms with van der Waals surface area (Å²) >= 11 is 0. The Morgan fingerprint density at radius 1 is 1.22 bits per heavy atom. The van der Waals surface area contributed by atoms with Gasteiger partial charge in [-0.25, -0.2) is 4.39 Å². The number of nitrogens with zero attached hydrogens (tertiary/aromatic N) is 1. The van der Waals surface area contributed by atoms with Crippen LogP contribution in [0.5, 0.6) is 0 Å². The molecule has 1 N–H and O–H groups in total. The molecular weight excluding hydrogens is 229 g/mol. The molecule has 1 aromatic heterocycles. The molecule has 2 aromatic rings. The molecule has 2 nitrogen and oxygen atoms in total. The van der Waals surface area contributed by atoms with Gasteiger partial charge in [0.15, 0.2) is 0 Å². The smallest absolute Gasteiger partial charge is 0.123 e. The summed E-state index contributed by atoms with van der Waals surface area (Å²) in [4.78, 5) is 4.20. The van der Waals surface area contributed by atoms with Crippen molar-refractivity contribution in [2.24, 2.45) is 0 Å². The predicted octanol–water partition coefficient (Wildman–Crippen LogP) is 3.11. The second kappa shape index (κ2) is 5.27. The van der Waals surface area contributed by atoms with Crippen LogP contribution in [0.4, 0.5) is 4.39 Å². The number of pyridine rings is 1. The molecular formula is C15H16FNO. The minimum Gasteiger partial charge on any atom is -0.386 e. The summed E-state index contributed by atoms with van der Waals surface area (Å²) in [6.07, 6.45) is 1.46. The Morgan fingerprint density at radius 2 is 2.00 bits per heavy atom. The molecule has 18 heavy (non-hydrogen) atoms. The number of hydrogen-bond donors (Lipinski definition) is 1. The lowest BCUT2D eigenvalue weighted by atomic mass is 9.99. The predicted molar refractivity (Wildman–Crippen MR) is 68.8 cm³/mol. The van der Waals surface area contributed by atoms with Crippen molar-refractivity contribution in [2.75, 3.05) is 0 Å². The highest BCUT2D eigenvalue weighted by atomic mass is 19.1. The largest absolute Gasteiger partial charge is 0.386 e. The van der Waals surface area contributed by atoms with Crippen molar-refractivity contribution in [1.29, 1.82) is 0 Å². The van der Waals surface area contributed by atoms with Crippen LogP contribution in [0.2, 0.25) is 0 Å². The maximum Gasteiger partial charge on any atom is 0.123 e. The SMILES string of the molecule is Cc1cc(F)ccc1CC(O)c1ncccc1C. The van der Waals surface area contributed by atoms with E-state index in [0.29, 0.717) is 12.1 Å². The number of hydrogen-bond acceptors (Lipinski definition) is 2. The van der Waals surface area contributed by atoms with Gasteiger partial charge in [0.05, 0.1) is 5.69 Å². The van der Waals surface area contributed by atoms with E-state index in [1.165, 1.54) is 12.1 Å². The van der Waals surface area contributed by atoms with Crippen LogP contribution in [0, 0.1) is 19.7 Å². The van der Waals surface area contributed by atoms with E-state index >= 15 is 0 Å². The first kappa shape index (κ1) is 12.7. The number of benzene rings is 1. The molecule has 0 aliphatic carbocycles. The fourth-order valence-corrected chi connectivity index (χ4v) is 2.04. The van der Waals surface area contributed by atoms with Crippen LogP contribution in [-0.4, -0.2) is 10.1 Å². The molecule has 0 fully saturated rings. The zero-order valence-corrected chi connectivity index (χ0v) is 10.5. The normalized spacial score (nSPS) is 12.4. The quantitative estimate of drug-likeness (QED) is 0.901. The van der Waals surface area contributed by atoms with Gasteiger partial charge in [-0.05, 0) is 48.7 Å². The van der Waals surface area contributed by atoms with Crippen molar-refractivity contribution in [3.63, 3.8) is 0 Å². The van der Waals surface area contributed by atoms with Gasteiger partial charge in [-0.2, -0.15) is 0 Å². The van der Waals surface area contributed by atoms with E-state index in [4.69, 9.17) is 0 Å². The molecule has 0 aliphatic heterocycles. The third kappa shape index (κ3) is 2.74. The molecule has 1 aromatic carbocycles. The molecule has 0 saturated carbocycles. The Hall–Kier alpha value is -1.74. The molecule has 0 amide bonds. The van der Waals surface area contributed by atoms with Crippen molar-refractivity contribution in [2.45, 2.75) is 26.4 Å². The van der Waals surface area contributed by atoms with E-state index in [1.807, 2.05) is 26.0 Å². The Labute approximate surface area is 106 Å². The summed E-state index contributed by atoms with van der Waals surface area (Å²) in [7, 11) is 0. The molecule has 1 heterocycles. The lowest BCUT2D eigenvalue weighted by molar-refractivity contribution is 0.172. The van der Waals surface area contributed by atoms with Crippen LogP contribution in [0.25, 0.3) is 0 Å².